The highest BCUT2D eigenvalue weighted by atomic mass is 79.9. The monoisotopic (exact) mass is 512 g/mol. The van der Waals surface area contributed by atoms with Crippen LogP contribution in [0.5, 0.6) is 0 Å². The normalized spacial score (nSPS) is 19.7. The number of likely N-dealkylation sites (N-methyl/N-ethyl adjacent to an activating group) is 1. The molecule has 2 heterocycles. The molecule has 0 saturated carbocycles. The summed E-state index contributed by atoms with van der Waals surface area (Å²) in [5.41, 5.74) is -1.69. The molecule has 0 unspecified atom stereocenters. The van der Waals surface area contributed by atoms with Crippen molar-refractivity contribution >= 4 is 56.3 Å². The first-order valence-electron chi connectivity index (χ1n) is 8.23. The number of aryl methyl sites for hydroxylation is 1. The Morgan fingerprint density at radius 2 is 2.03 bits per heavy atom. The maximum Gasteiger partial charge on any atom is 0.421 e. The number of nitrogens with one attached hydrogen (secondary N) is 1. The summed E-state index contributed by atoms with van der Waals surface area (Å²) in [4.78, 5) is 14.9. The van der Waals surface area contributed by atoms with Crippen molar-refractivity contribution < 1.29 is 22.4 Å². The zero-order valence-corrected chi connectivity index (χ0v) is 18.2. The lowest BCUT2D eigenvalue weighted by molar-refractivity contribution is -0.139. The van der Waals surface area contributed by atoms with Crippen LogP contribution in [-0.4, -0.2) is 39.2 Å². The van der Waals surface area contributed by atoms with Crippen molar-refractivity contribution in [2.45, 2.75) is 12.1 Å². The number of likely N-dealkylation sites (tertiary alicyclic amines) is 1. The van der Waals surface area contributed by atoms with Crippen LogP contribution in [0.3, 0.4) is 0 Å². The summed E-state index contributed by atoms with van der Waals surface area (Å²) in [5.74, 6) is -3.80. The average molecular weight is 514 g/mol. The molecule has 0 spiro atoms. The number of thiocarbonyl (C=S) groups is 1. The molecule has 1 saturated heterocycles. The van der Waals surface area contributed by atoms with Gasteiger partial charge in [0.25, 0.3) is 0 Å². The molecule has 3 rings (SSSR count). The molecular formula is C17H14BrClF4N4OS. The van der Waals surface area contributed by atoms with Crippen molar-refractivity contribution in [2.24, 2.45) is 13.0 Å². The van der Waals surface area contributed by atoms with Gasteiger partial charge in [-0.1, -0.05) is 29.9 Å². The maximum atomic E-state index is 13.8. The Hall–Kier alpha value is -1.72. The third kappa shape index (κ3) is 3.99. The first kappa shape index (κ1) is 22.0. The lowest BCUT2D eigenvalue weighted by Crippen LogP contribution is -2.32. The van der Waals surface area contributed by atoms with E-state index in [0.29, 0.717) is 22.8 Å². The highest BCUT2D eigenvalue weighted by Crippen LogP contribution is 2.42. The number of amides is 1. The van der Waals surface area contributed by atoms with Gasteiger partial charge in [0.2, 0.25) is 5.91 Å². The summed E-state index contributed by atoms with van der Waals surface area (Å²) < 4.78 is 55.4. The molecule has 12 heteroatoms. The van der Waals surface area contributed by atoms with Gasteiger partial charge < -0.3 is 10.2 Å². The van der Waals surface area contributed by atoms with Gasteiger partial charge in [-0.25, -0.2) is 4.39 Å². The molecule has 156 valence electrons. The number of benzene rings is 1. The molecule has 1 aliphatic heterocycles. The van der Waals surface area contributed by atoms with E-state index < -0.39 is 41.0 Å². The zero-order valence-electron chi connectivity index (χ0n) is 15.0. The van der Waals surface area contributed by atoms with Crippen molar-refractivity contribution in [3.8, 4) is 0 Å². The second kappa shape index (κ2) is 7.84. The van der Waals surface area contributed by atoms with Crippen LogP contribution in [0.1, 0.15) is 17.0 Å². The Labute approximate surface area is 182 Å². The third-order valence-electron chi connectivity index (χ3n) is 4.69. The van der Waals surface area contributed by atoms with Crippen LogP contribution in [0.25, 0.3) is 0 Å². The van der Waals surface area contributed by atoms with Gasteiger partial charge in [-0.15, -0.1) is 0 Å². The number of hydrogen-bond donors (Lipinski definition) is 1. The van der Waals surface area contributed by atoms with Gasteiger partial charge in [0.1, 0.15) is 21.1 Å². The van der Waals surface area contributed by atoms with Crippen LogP contribution in [0, 0.1) is 11.7 Å². The molecule has 2 atom stereocenters. The topological polar surface area (TPSA) is 50.2 Å². The Morgan fingerprint density at radius 1 is 1.38 bits per heavy atom. The van der Waals surface area contributed by atoms with Crippen molar-refractivity contribution in [2.75, 3.05) is 18.9 Å². The fourth-order valence-corrected chi connectivity index (χ4v) is 4.82. The lowest BCUT2D eigenvalue weighted by Gasteiger charge is -2.20. The van der Waals surface area contributed by atoms with Crippen LogP contribution < -0.4 is 5.32 Å². The molecule has 0 bridgehead atoms. The smallest absolute Gasteiger partial charge is 0.368 e. The second-order valence-corrected chi connectivity index (χ2v) is 8.10. The fraction of sp³-hybridized carbons (Fsp3) is 0.353. The molecule has 0 aliphatic carbocycles. The Kier molecular flexibility index (Phi) is 5.94. The minimum Gasteiger partial charge on any atom is -0.368 e. The SMILES string of the molecule is CN1C[C@H](c2c(Br)nn(C)c2Cl)[C@@H](C(=O)Nc2cccc(F)c2C(F)(F)F)C1=S. The van der Waals surface area contributed by atoms with Gasteiger partial charge in [0.15, 0.2) is 0 Å². The Morgan fingerprint density at radius 3 is 2.59 bits per heavy atom. The minimum absolute atomic E-state index is 0.240. The van der Waals surface area contributed by atoms with E-state index in [1.54, 1.807) is 19.0 Å². The van der Waals surface area contributed by atoms with E-state index in [2.05, 4.69) is 26.3 Å². The number of nitrogens with zero attached hydrogens (tertiary/aromatic N) is 3. The minimum atomic E-state index is -4.98. The molecule has 0 radical (unpaired) electrons. The van der Waals surface area contributed by atoms with Gasteiger partial charge in [-0.05, 0) is 28.1 Å². The van der Waals surface area contributed by atoms with Crippen LogP contribution in [0.2, 0.25) is 5.15 Å². The van der Waals surface area contributed by atoms with Crippen molar-refractivity contribution in [3.05, 3.63) is 44.9 Å². The standard InChI is InChI=1S/C17H14BrClF4N4OS/c1-26-6-7(10-13(18)25-27(2)14(10)19)11(16(26)29)15(28)24-9-5-3-4-8(20)12(9)17(21,22)23/h3-5,7,11H,6H2,1-2H3,(H,24,28)/t7-,11+/m1/s1. The summed E-state index contributed by atoms with van der Waals surface area (Å²) in [6.07, 6.45) is -4.98. The summed E-state index contributed by atoms with van der Waals surface area (Å²) in [6.45, 7) is 0.316. The van der Waals surface area contributed by atoms with E-state index in [0.717, 1.165) is 12.1 Å². The third-order valence-corrected chi connectivity index (χ3v) is 6.29. The first-order valence-corrected chi connectivity index (χ1v) is 9.80. The number of carbonyl (C=O) groups is 1. The number of halogens is 6. The first-order chi connectivity index (χ1) is 13.4. The highest BCUT2D eigenvalue weighted by molar-refractivity contribution is 9.10. The van der Waals surface area contributed by atoms with Crippen LogP contribution >= 0.6 is 39.7 Å². The molecule has 1 N–H and O–H groups in total. The number of carbonyl (C=O) groups excluding carboxylic acids is 1. The predicted octanol–water partition coefficient (Wildman–Crippen LogP) is 4.61. The molecule has 1 aromatic carbocycles. The number of hydrogen-bond acceptors (Lipinski definition) is 3. The largest absolute Gasteiger partial charge is 0.421 e. The van der Waals surface area contributed by atoms with Gasteiger partial charge in [-0.2, -0.15) is 18.3 Å². The van der Waals surface area contributed by atoms with Crippen molar-refractivity contribution in [1.82, 2.24) is 14.7 Å². The molecule has 29 heavy (non-hydrogen) atoms. The molecule has 1 amide bonds. The quantitative estimate of drug-likeness (QED) is 0.481. The molecule has 2 aromatic rings. The summed E-state index contributed by atoms with van der Waals surface area (Å²) >= 11 is 14.9. The van der Waals surface area contributed by atoms with E-state index in [9.17, 15) is 22.4 Å². The van der Waals surface area contributed by atoms with Crippen LogP contribution in [0.4, 0.5) is 23.2 Å². The average Bonchev–Trinajstić information content (AvgIpc) is 3.01. The fourth-order valence-electron chi connectivity index (χ4n) is 3.37. The van der Waals surface area contributed by atoms with E-state index >= 15 is 0 Å². The second-order valence-electron chi connectivity index (χ2n) is 6.57. The molecular weight excluding hydrogens is 500 g/mol. The Balaban J connectivity index is 2.00. The summed E-state index contributed by atoms with van der Waals surface area (Å²) in [7, 11) is 3.29. The van der Waals surface area contributed by atoms with Crippen LogP contribution in [0.15, 0.2) is 22.8 Å². The number of anilines is 1. The van der Waals surface area contributed by atoms with E-state index in [1.807, 2.05) is 0 Å². The Bertz CT molecular complexity index is 997. The zero-order chi connectivity index (χ0) is 21.7. The predicted molar refractivity (Wildman–Crippen MR) is 107 cm³/mol. The lowest BCUT2D eigenvalue weighted by atomic mass is 9.90. The van der Waals surface area contributed by atoms with E-state index in [-0.39, 0.29) is 10.1 Å². The number of rotatable bonds is 3. The summed E-state index contributed by atoms with van der Waals surface area (Å²) in [5, 5.41) is 6.63. The van der Waals surface area contributed by atoms with E-state index in [1.165, 1.54) is 4.68 Å². The molecule has 5 nitrogen and oxygen atoms in total. The van der Waals surface area contributed by atoms with Gasteiger partial charge in [0.05, 0.1) is 16.6 Å². The number of aromatic nitrogens is 2. The maximum absolute atomic E-state index is 13.8. The molecule has 1 aliphatic rings. The van der Waals surface area contributed by atoms with Gasteiger partial charge in [0, 0.05) is 32.1 Å². The summed E-state index contributed by atoms with van der Waals surface area (Å²) in [6, 6.07) is 2.76. The van der Waals surface area contributed by atoms with E-state index in [4.69, 9.17) is 23.8 Å². The van der Waals surface area contributed by atoms with Crippen molar-refractivity contribution in [1.29, 1.82) is 0 Å². The van der Waals surface area contributed by atoms with Crippen LogP contribution in [-0.2, 0) is 18.0 Å². The van der Waals surface area contributed by atoms with Crippen molar-refractivity contribution in [3.63, 3.8) is 0 Å². The molecule has 1 fully saturated rings. The number of alkyl halides is 3. The van der Waals surface area contributed by atoms with Gasteiger partial charge in [-0.3, -0.25) is 9.48 Å². The highest BCUT2D eigenvalue weighted by Gasteiger charge is 2.45. The molecule has 1 aromatic heterocycles. The van der Waals surface area contributed by atoms with Gasteiger partial charge >= 0.3 is 6.18 Å².